The fourth-order valence-electron chi connectivity index (χ4n) is 4.87. The first-order chi connectivity index (χ1) is 15.4. The Hall–Kier alpha value is -2.62. The molecule has 0 saturated carbocycles. The van der Waals surface area contributed by atoms with E-state index in [0.717, 1.165) is 39.6 Å². The Balaban J connectivity index is 1.89. The van der Waals surface area contributed by atoms with Gasteiger partial charge in [-0.05, 0) is 26.3 Å². The summed E-state index contributed by atoms with van der Waals surface area (Å²) in [4.78, 5) is 17.8. The van der Waals surface area contributed by atoms with Crippen LogP contribution in [-0.4, -0.2) is 37.0 Å². The van der Waals surface area contributed by atoms with Gasteiger partial charge in [-0.1, -0.05) is 13.0 Å². The molecule has 0 unspecified atom stereocenters. The minimum Gasteiger partial charge on any atom is -0.493 e. The number of anilines is 1. The van der Waals surface area contributed by atoms with Gasteiger partial charge in [0.15, 0.2) is 17.2 Å². The molecule has 1 aromatic carbocycles. The molecule has 0 radical (unpaired) electrons. The Morgan fingerprint density at radius 3 is 2.42 bits per heavy atom. The Morgan fingerprint density at radius 1 is 1.24 bits per heavy atom. The predicted octanol–water partition coefficient (Wildman–Crippen LogP) is 4.99. The molecule has 2 saturated heterocycles. The number of aromatic amines is 1. The van der Waals surface area contributed by atoms with Crippen molar-refractivity contribution >= 4 is 5.69 Å². The zero-order chi connectivity index (χ0) is 24.3. The largest absolute Gasteiger partial charge is 0.493 e. The maximum absolute atomic E-state index is 14.5. The maximum Gasteiger partial charge on any atom is 0.417 e. The number of ether oxygens (including phenoxy) is 2. The second kappa shape index (κ2) is 8.00. The average molecular weight is 472 g/mol. The smallest absolute Gasteiger partial charge is 0.417 e. The zero-order valence-electron chi connectivity index (χ0n) is 18.6. The highest BCUT2D eigenvalue weighted by Crippen LogP contribution is 2.59. The topological polar surface area (TPSA) is 54.6 Å². The van der Waals surface area contributed by atoms with Crippen LogP contribution in [-0.2, 0) is 4.74 Å². The monoisotopic (exact) mass is 472 g/mol. The number of alkyl halides is 3. The number of aryl methyl sites for hydroxylation is 1. The van der Waals surface area contributed by atoms with Gasteiger partial charge < -0.3 is 19.4 Å². The number of rotatable bonds is 4. The molecule has 0 amide bonds. The van der Waals surface area contributed by atoms with Crippen molar-refractivity contribution in [2.45, 2.75) is 51.0 Å². The molecule has 33 heavy (non-hydrogen) atoms. The summed E-state index contributed by atoms with van der Waals surface area (Å²) in [5, 5.41) is 0. The van der Waals surface area contributed by atoms with Crippen molar-refractivity contribution in [3.05, 3.63) is 57.0 Å². The molecule has 4 atom stereocenters. The number of nitrogens with one attached hydrogen (secondary N) is 1. The summed E-state index contributed by atoms with van der Waals surface area (Å²) in [6.45, 7) is 5.39. The summed E-state index contributed by atoms with van der Waals surface area (Å²) in [7, 11) is 1.12. The lowest BCUT2D eigenvalue weighted by Gasteiger charge is -2.34. The van der Waals surface area contributed by atoms with Crippen LogP contribution in [0.4, 0.5) is 27.6 Å². The van der Waals surface area contributed by atoms with Crippen LogP contribution in [0.25, 0.3) is 0 Å². The number of methoxy groups -OCH3 is 1. The van der Waals surface area contributed by atoms with Gasteiger partial charge in [-0.2, -0.15) is 17.6 Å². The molecule has 0 spiro atoms. The lowest BCUT2D eigenvalue weighted by molar-refractivity contribution is -0.275. The number of H-pyrrole nitrogens is 1. The van der Waals surface area contributed by atoms with Crippen molar-refractivity contribution in [3.63, 3.8) is 0 Å². The maximum atomic E-state index is 14.5. The summed E-state index contributed by atoms with van der Waals surface area (Å²) in [5.41, 5.74) is -1.79. The quantitative estimate of drug-likeness (QED) is 0.637. The van der Waals surface area contributed by atoms with Gasteiger partial charge in [0.05, 0.1) is 7.11 Å². The van der Waals surface area contributed by atoms with E-state index in [2.05, 4.69) is 4.98 Å². The van der Waals surface area contributed by atoms with E-state index in [4.69, 9.17) is 9.47 Å². The highest BCUT2D eigenvalue weighted by atomic mass is 19.4. The van der Waals surface area contributed by atoms with Crippen LogP contribution in [0.2, 0.25) is 0 Å². The standard InChI is InChI=1S/C23H25F5N2O3/c1-11-17(13-6-7-14(24)18(25)20(13)32-4)21(33-22(11,3)23(26,27)28)15-10-16(31)19(12(2)29-15)30-8-5-9-30/h6-7,10-11,17,21H,5,8-9H2,1-4H3,(H,29,31)/t11-,17-,21-,22+/m0/s1. The lowest BCUT2D eigenvalue weighted by Crippen LogP contribution is -2.46. The van der Waals surface area contributed by atoms with Gasteiger partial charge in [-0.3, -0.25) is 4.79 Å². The molecule has 180 valence electrons. The van der Waals surface area contributed by atoms with E-state index in [-0.39, 0.29) is 16.7 Å². The molecule has 2 aliphatic rings. The van der Waals surface area contributed by atoms with Crippen molar-refractivity contribution < 1.29 is 31.4 Å². The fourth-order valence-corrected chi connectivity index (χ4v) is 4.87. The van der Waals surface area contributed by atoms with Crippen LogP contribution in [0.5, 0.6) is 5.75 Å². The molecular formula is C23H25F5N2O3. The van der Waals surface area contributed by atoms with E-state index < -0.39 is 47.1 Å². The number of nitrogens with zero attached hydrogens (tertiary/aromatic N) is 1. The van der Waals surface area contributed by atoms with Gasteiger partial charge >= 0.3 is 6.18 Å². The van der Waals surface area contributed by atoms with Gasteiger partial charge in [0, 0.05) is 47.9 Å². The average Bonchev–Trinajstić information content (AvgIpc) is 2.97. The van der Waals surface area contributed by atoms with E-state index in [1.54, 1.807) is 6.92 Å². The molecule has 2 aliphatic heterocycles. The van der Waals surface area contributed by atoms with E-state index in [1.807, 2.05) is 4.90 Å². The molecule has 3 heterocycles. The number of halogens is 5. The first-order valence-electron chi connectivity index (χ1n) is 10.7. The van der Waals surface area contributed by atoms with Crippen LogP contribution in [0.15, 0.2) is 23.0 Å². The van der Waals surface area contributed by atoms with Gasteiger partial charge in [-0.15, -0.1) is 0 Å². The Bertz CT molecular complexity index is 1130. The van der Waals surface area contributed by atoms with Crippen LogP contribution >= 0.6 is 0 Å². The van der Waals surface area contributed by atoms with Crippen molar-refractivity contribution in [2.75, 3.05) is 25.1 Å². The SMILES string of the molecule is COc1c([C@H]2[C@H](c3cc(=O)c(N4CCC4)c(C)[nH]3)O[C@@](C)(C(F)(F)F)[C@H]2C)ccc(F)c1F. The normalized spacial score (nSPS) is 27.5. The third kappa shape index (κ3) is 3.59. The van der Waals surface area contributed by atoms with Gasteiger partial charge in [0.2, 0.25) is 11.2 Å². The number of aromatic nitrogens is 1. The molecule has 2 fully saturated rings. The van der Waals surface area contributed by atoms with Crippen molar-refractivity contribution in [1.82, 2.24) is 4.98 Å². The second-order valence-electron chi connectivity index (χ2n) is 8.84. The van der Waals surface area contributed by atoms with Crippen molar-refractivity contribution in [3.8, 4) is 5.75 Å². The van der Waals surface area contributed by atoms with Crippen LogP contribution in [0.3, 0.4) is 0 Å². The molecule has 1 aromatic heterocycles. The van der Waals surface area contributed by atoms with Crippen LogP contribution in [0, 0.1) is 24.5 Å². The third-order valence-electron chi connectivity index (χ3n) is 7.00. The number of hydrogen-bond donors (Lipinski definition) is 1. The first kappa shape index (κ1) is 23.5. The van der Waals surface area contributed by atoms with Gasteiger partial charge in [0.1, 0.15) is 11.8 Å². The molecule has 5 nitrogen and oxygen atoms in total. The predicted molar refractivity (Wildman–Crippen MR) is 112 cm³/mol. The summed E-state index contributed by atoms with van der Waals surface area (Å²) < 4.78 is 81.3. The van der Waals surface area contributed by atoms with E-state index >= 15 is 0 Å². The highest BCUT2D eigenvalue weighted by molar-refractivity contribution is 5.53. The summed E-state index contributed by atoms with van der Waals surface area (Å²) in [5.74, 6) is -5.24. The molecule has 4 rings (SSSR count). The van der Waals surface area contributed by atoms with Gasteiger partial charge in [-0.25, -0.2) is 4.39 Å². The molecule has 10 heteroatoms. The van der Waals surface area contributed by atoms with Crippen LogP contribution < -0.4 is 15.1 Å². The minimum atomic E-state index is -4.75. The molecule has 1 N–H and O–H groups in total. The Morgan fingerprint density at radius 2 is 1.91 bits per heavy atom. The van der Waals surface area contributed by atoms with E-state index in [1.165, 1.54) is 19.1 Å². The lowest BCUT2D eigenvalue weighted by atomic mass is 9.76. The Kier molecular flexibility index (Phi) is 5.71. The molecular weight excluding hydrogens is 447 g/mol. The van der Waals surface area contributed by atoms with Crippen molar-refractivity contribution in [2.24, 2.45) is 5.92 Å². The summed E-state index contributed by atoms with van der Waals surface area (Å²) >= 11 is 0. The molecule has 0 bridgehead atoms. The Labute approximate surface area is 187 Å². The summed E-state index contributed by atoms with van der Waals surface area (Å²) in [6.07, 6.45) is -5.08. The van der Waals surface area contributed by atoms with E-state index in [0.29, 0.717) is 11.4 Å². The fraction of sp³-hybridized carbons (Fsp3) is 0.522. The number of benzene rings is 1. The van der Waals surface area contributed by atoms with Crippen LogP contribution in [0.1, 0.15) is 49.2 Å². The zero-order valence-corrected chi connectivity index (χ0v) is 18.6. The molecule has 0 aliphatic carbocycles. The minimum absolute atomic E-state index is 0.0344. The van der Waals surface area contributed by atoms with E-state index in [9.17, 15) is 26.7 Å². The summed E-state index contributed by atoms with van der Waals surface area (Å²) in [6, 6.07) is 3.29. The number of hydrogen-bond acceptors (Lipinski definition) is 4. The first-order valence-corrected chi connectivity index (χ1v) is 10.7. The number of pyridine rings is 1. The van der Waals surface area contributed by atoms with Crippen molar-refractivity contribution in [1.29, 1.82) is 0 Å². The molecule has 2 aromatic rings. The second-order valence-corrected chi connectivity index (χ2v) is 8.84. The highest BCUT2D eigenvalue weighted by Gasteiger charge is 2.65. The third-order valence-corrected chi connectivity index (χ3v) is 7.00. The van der Waals surface area contributed by atoms with Gasteiger partial charge in [0.25, 0.3) is 0 Å².